The molecule has 1 atom stereocenters. The molecule has 2 rings (SSSR count). The van der Waals surface area contributed by atoms with Crippen LogP contribution in [0.5, 0.6) is 0 Å². The Labute approximate surface area is 134 Å². The normalized spacial score (nSPS) is 16.4. The summed E-state index contributed by atoms with van der Waals surface area (Å²) >= 11 is 0. The lowest BCUT2D eigenvalue weighted by Crippen LogP contribution is -2.50. The van der Waals surface area contributed by atoms with E-state index in [2.05, 4.69) is 10.6 Å². The number of carbonyl (C=O) groups is 1. The van der Waals surface area contributed by atoms with Crippen molar-refractivity contribution in [3.05, 3.63) is 35.4 Å². The molecule has 2 N–H and O–H groups in total. The molecule has 0 aliphatic carbocycles. The minimum absolute atomic E-state index is 0. The molecule has 0 spiro atoms. The fourth-order valence-corrected chi connectivity index (χ4v) is 2.22. The fraction of sp³-hybridized carbons (Fsp3) is 0.533. The smallest absolute Gasteiger partial charge is 0.356 e. The Bertz CT molecular complexity index is 504. The predicted octanol–water partition coefficient (Wildman–Crippen LogP) is 2.96. The number of amides is 1. The first-order chi connectivity index (χ1) is 9.88. The molecule has 3 nitrogen and oxygen atoms in total. The second-order valence-corrected chi connectivity index (χ2v) is 5.46. The topological polar surface area (TPSA) is 41.1 Å². The van der Waals surface area contributed by atoms with Crippen molar-refractivity contribution in [2.75, 3.05) is 19.6 Å². The van der Waals surface area contributed by atoms with Gasteiger partial charge in [-0.3, -0.25) is 4.79 Å². The molecule has 22 heavy (non-hydrogen) atoms. The van der Waals surface area contributed by atoms with Gasteiger partial charge in [0.25, 0.3) is 0 Å². The maximum absolute atomic E-state index is 12.7. The maximum atomic E-state index is 12.7. The molecule has 1 aromatic carbocycles. The van der Waals surface area contributed by atoms with Gasteiger partial charge < -0.3 is 10.6 Å². The third-order valence-electron chi connectivity index (χ3n) is 3.81. The largest absolute Gasteiger partial charge is 0.416 e. The second-order valence-electron chi connectivity index (χ2n) is 5.46. The molecule has 0 saturated carbocycles. The van der Waals surface area contributed by atoms with Gasteiger partial charge in [-0.2, -0.15) is 13.2 Å². The van der Waals surface area contributed by atoms with Gasteiger partial charge in [-0.1, -0.05) is 25.1 Å². The Morgan fingerprint density at radius 1 is 1.41 bits per heavy atom. The molecule has 124 valence electrons. The minimum atomic E-state index is -4.32. The van der Waals surface area contributed by atoms with Crippen LogP contribution >= 0.6 is 12.4 Å². The zero-order chi connectivity index (χ0) is 15.5. The number of halogens is 4. The summed E-state index contributed by atoms with van der Waals surface area (Å²) in [5.41, 5.74) is 0.0146. The average molecular weight is 337 g/mol. The highest BCUT2D eigenvalue weighted by atomic mass is 35.5. The summed E-state index contributed by atoms with van der Waals surface area (Å²) in [5, 5.41) is 5.85. The van der Waals surface area contributed by atoms with Gasteiger partial charge in [0.2, 0.25) is 5.91 Å². The van der Waals surface area contributed by atoms with E-state index in [0.717, 1.165) is 6.07 Å². The Hall–Kier alpha value is -1.27. The van der Waals surface area contributed by atoms with Crippen LogP contribution in [0.15, 0.2) is 24.3 Å². The van der Waals surface area contributed by atoms with Crippen molar-refractivity contribution in [3.63, 3.8) is 0 Å². The van der Waals surface area contributed by atoms with Gasteiger partial charge >= 0.3 is 6.18 Å². The summed E-state index contributed by atoms with van der Waals surface area (Å²) in [4.78, 5) is 11.6. The molecular formula is C15H20ClF3N2O. The number of rotatable bonds is 5. The summed E-state index contributed by atoms with van der Waals surface area (Å²) in [6.45, 7) is 3.75. The first-order valence-electron chi connectivity index (χ1n) is 7.03. The van der Waals surface area contributed by atoms with Crippen molar-refractivity contribution >= 4 is 18.3 Å². The van der Waals surface area contributed by atoms with E-state index >= 15 is 0 Å². The number of benzene rings is 1. The number of carbonyl (C=O) groups excluding carboxylic acids is 1. The van der Waals surface area contributed by atoms with Crippen LogP contribution in [-0.4, -0.2) is 25.5 Å². The van der Waals surface area contributed by atoms with Crippen molar-refractivity contribution in [2.24, 2.45) is 5.92 Å². The van der Waals surface area contributed by atoms with Crippen molar-refractivity contribution < 1.29 is 18.0 Å². The van der Waals surface area contributed by atoms with Crippen LogP contribution < -0.4 is 10.6 Å². The Morgan fingerprint density at radius 2 is 2.09 bits per heavy atom. The molecule has 7 heteroatoms. The summed E-state index contributed by atoms with van der Waals surface area (Å²) in [6.07, 6.45) is -3.70. The third-order valence-corrected chi connectivity index (χ3v) is 3.81. The van der Waals surface area contributed by atoms with Crippen LogP contribution in [0.4, 0.5) is 13.2 Å². The monoisotopic (exact) mass is 336 g/mol. The van der Waals surface area contributed by atoms with Gasteiger partial charge in [-0.25, -0.2) is 0 Å². The highest BCUT2D eigenvalue weighted by Crippen LogP contribution is 2.31. The second kappa shape index (κ2) is 7.83. The van der Waals surface area contributed by atoms with E-state index in [1.165, 1.54) is 12.1 Å². The summed E-state index contributed by atoms with van der Waals surface area (Å²) < 4.78 is 38.0. The molecule has 1 heterocycles. The van der Waals surface area contributed by atoms with Crippen LogP contribution in [0.2, 0.25) is 0 Å². The Morgan fingerprint density at radius 3 is 2.64 bits per heavy atom. The SMILES string of the molecule is CC(CCNC(=O)C1CNC1)c1cccc(C(F)(F)F)c1.Cl. The minimum Gasteiger partial charge on any atom is -0.356 e. The summed E-state index contributed by atoms with van der Waals surface area (Å²) in [6, 6.07) is 5.37. The van der Waals surface area contributed by atoms with E-state index in [-0.39, 0.29) is 30.2 Å². The molecule has 1 fully saturated rings. The summed E-state index contributed by atoms with van der Waals surface area (Å²) in [7, 11) is 0. The van der Waals surface area contributed by atoms with E-state index < -0.39 is 11.7 Å². The maximum Gasteiger partial charge on any atom is 0.416 e. The first kappa shape index (κ1) is 18.8. The van der Waals surface area contributed by atoms with E-state index in [0.29, 0.717) is 31.6 Å². The van der Waals surface area contributed by atoms with Gasteiger partial charge in [0, 0.05) is 19.6 Å². The van der Waals surface area contributed by atoms with Crippen LogP contribution in [0.25, 0.3) is 0 Å². The quantitative estimate of drug-likeness (QED) is 0.868. The molecule has 1 saturated heterocycles. The van der Waals surface area contributed by atoms with E-state index in [1.54, 1.807) is 6.07 Å². The first-order valence-corrected chi connectivity index (χ1v) is 7.03. The number of hydrogen-bond acceptors (Lipinski definition) is 2. The number of hydrogen-bond donors (Lipinski definition) is 2. The lowest BCUT2D eigenvalue weighted by atomic mass is 9.95. The highest BCUT2D eigenvalue weighted by molar-refractivity contribution is 5.85. The predicted molar refractivity (Wildman–Crippen MR) is 81.1 cm³/mol. The summed E-state index contributed by atoms with van der Waals surface area (Å²) in [5.74, 6) is 0.0194. The molecular weight excluding hydrogens is 317 g/mol. The van der Waals surface area contributed by atoms with Crippen molar-refractivity contribution in [2.45, 2.75) is 25.4 Å². The third kappa shape index (κ3) is 4.88. The lowest BCUT2D eigenvalue weighted by molar-refractivity contribution is -0.137. The van der Waals surface area contributed by atoms with E-state index in [9.17, 15) is 18.0 Å². The standard InChI is InChI=1S/C15H19F3N2O.ClH/c1-10(5-6-20-14(21)12-8-19-9-12)11-3-2-4-13(7-11)15(16,17)18;/h2-4,7,10,12,19H,5-6,8-9H2,1H3,(H,20,21);1H. The van der Waals surface area contributed by atoms with Gasteiger partial charge in [-0.15, -0.1) is 12.4 Å². The van der Waals surface area contributed by atoms with Crippen molar-refractivity contribution in [1.29, 1.82) is 0 Å². The van der Waals surface area contributed by atoms with Crippen molar-refractivity contribution in [3.8, 4) is 0 Å². The highest BCUT2D eigenvalue weighted by Gasteiger charge is 2.30. The zero-order valence-electron chi connectivity index (χ0n) is 12.2. The van der Waals surface area contributed by atoms with Crippen LogP contribution in [0, 0.1) is 5.92 Å². The van der Waals surface area contributed by atoms with Crippen LogP contribution in [0.3, 0.4) is 0 Å². The van der Waals surface area contributed by atoms with E-state index in [1.807, 2.05) is 6.92 Å². The molecule has 1 amide bonds. The fourth-order valence-electron chi connectivity index (χ4n) is 2.22. The lowest BCUT2D eigenvalue weighted by Gasteiger charge is -2.26. The van der Waals surface area contributed by atoms with Crippen LogP contribution in [0.1, 0.15) is 30.4 Å². The van der Waals surface area contributed by atoms with Crippen molar-refractivity contribution in [1.82, 2.24) is 10.6 Å². The molecule has 1 aromatic rings. The Kier molecular flexibility index (Phi) is 6.68. The molecule has 1 aliphatic rings. The number of nitrogens with one attached hydrogen (secondary N) is 2. The average Bonchev–Trinajstić information content (AvgIpc) is 2.35. The van der Waals surface area contributed by atoms with Gasteiger partial charge in [-0.05, 0) is 24.0 Å². The molecule has 1 aliphatic heterocycles. The van der Waals surface area contributed by atoms with Gasteiger partial charge in [0.1, 0.15) is 0 Å². The Balaban J connectivity index is 0.00000242. The van der Waals surface area contributed by atoms with Crippen LogP contribution in [-0.2, 0) is 11.0 Å². The van der Waals surface area contributed by atoms with E-state index in [4.69, 9.17) is 0 Å². The molecule has 0 bridgehead atoms. The number of alkyl halides is 3. The molecule has 0 aromatic heterocycles. The molecule has 0 radical (unpaired) electrons. The molecule has 1 unspecified atom stereocenters. The van der Waals surface area contributed by atoms with Gasteiger partial charge in [0.15, 0.2) is 0 Å². The van der Waals surface area contributed by atoms with Gasteiger partial charge in [0.05, 0.1) is 11.5 Å². The zero-order valence-corrected chi connectivity index (χ0v) is 13.1.